The maximum atomic E-state index is 12.3. The van der Waals surface area contributed by atoms with Crippen LogP contribution in [0.4, 0.5) is 10.5 Å². The summed E-state index contributed by atoms with van der Waals surface area (Å²) < 4.78 is 0. The molecule has 2 heterocycles. The van der Waals surface area contributed by atoms with Gasteiger partial charge in [0.1, 0.15) is 0 Å². The van der Waals surface area contributed by atoms with Crippen LogP contribution < -0.4 is 5.32 Å². The second-order valence-corrected chi connectivity index (χ2v) is 5.63. The number of nitrogens with one attached hydrogen (secondary N) is 2. The molecule has 2 rings (SSSR count). The molecule has 116 valence electrons. The fraction of sp³-hybridized carbons (Fsp3) is 0.643. The van der Waals surface area contributed by atoms with E-state index < -0.39 is 5.97 Å². The number of aromatic amines is 1. The van der Waals surface area contributed by atoms with Crippen molar-refractivity contribution in [2.45, 2.75) is 39.5 Å². The third-order valence-corrected chi connectivity index (χ3v) is 3.93. The van der Waals surface area contributed by atoms with Gasteiger partial charge in [-0.1, -0.05) is 0 Å². The number of H-pyrrole nitrogens is 1. The van der Waals surface area contributed by atoms with Gasteiger partial charge in [0.2, 0.25) is 0 Å². The summed E-state index contributed by atoms with van der Waals surface area (Å²) in [5.41, 5.74) is 2.33. The zero-order chi connectivity index (χ0) is 15.4. The number of likely N-dealkylation sites (tertiary alicyclic amines) is 1. The first-order valence-electron chi connectivity index (χ1n) is 7.26. The molecule has 0 spiro atoms. The minimum Gasteiger partial charge on any atom is -0.481 e. The van der Waals surface area contributed by atoms with E-state index in [1.807, 2.05) is 13.8 Å². The molecule has 1 aromatic rings. The lowest BCUT2D eigenvalue weighted by Crippen LogP contribution is -2.42. The molecule has 7 nitrogen and oxygen atoms in total. The molecular formula is C14H22N4O3. The minimum absolute atomic E-state index is 0.136. The van der Waals surface area contributed by atoms with Gasteiger partial charge in [0.05, 0.1) is 17.1 Å². The van der Waals surface area contributed by atoms with Gasteiger partial charge in [-0.3, -0.25) is 9.89 Å². The van der Waals surface area contributed by atoms with Crippen LogP contribution in [0, 0.1) is 19.8 Å². The van der Waals surface area contributed by atoms with E-state index in [4.69, 9.17) is 5.11 Å². The van der Waals surface area contributed by atoms with Crippen LogP contribution in [0.5, 0.6) is 0 Å². The first-order chi connectivity index (χ1) is 9.97. The number of carboxylic acid groups (broad SMARTS) is 1. The van der Waals surface area contributed by atoms with Crippen molar-refractivity contribution in [1.82, 2.24) is 15.1 Å². The Hall–Kier alpha value is -2.05. The molecule has 0 aromatic carbocycles. The van der Waals surface area contributed by atoms with Crippen LogP contribution in [0.2, 0.25) is 0 Å². The molecule has 0 saturated carbocycles. The molecule has 1 saturated heterocycles. The highest BCUT2D eigenvalue weighted by molar-refractivity contribution is 5.90. The Labute approximate surface area is 123 Å². The van der Waals surface area contributed by atoms with Crippen molar-refractivity contribution in [3.8, 4) is 0 Å². The fourth-order valence-electron chi connectivity index (χ4n) is 2.73. The van der Waals surface area contributed by atoms with E-state index in [-0.39, 0.29) is 18.4 Å². The van der Waals surface area contributed by atoms with Crippen LogP contribution in [0.25, 0.3) is 0 Å². The highest BCUT2D eigenvalue weighted by Crippen LogP contribution is 2.23. The number of anilines is 1. The Kier molecular flexibility index (Phi) is 4.82. The molecule has 1 aliphatic heterocycles. The predicted octanol–water partition coefficient (Wildman–Crippen LogP) is 2.14. The van der Waals surface area contributed by atoms with Crippen molar-refractivity contribution < 1.29 is 14.7 Å². The maximum Gasteiger partial charge on any atom is 0.321 e. The third kappa shape index (κ3) is 3.96. The number of aryl methyl sites for hydroxylation is 2. The number of carbonyl (C=O) groups excluding carboxylic acids is 1. The van der Waals surface area contributed by atoms with Crippen molar-refractivity contribution in [1.29, 1.82) is 0 Å². The van der Waals surface area contributed by atoms with Crippen molar-refractivity contribution in [3.05, 3.63) is 11.4 Å². The number of hydrogen-bond donors (Lipinski definition) is 3. The quantitative estimate of drug-likeness (QED) is 0.792. The molecule has 0 radical (unpaired) electrons. The number of rotatable bonds is 4. The molecule has 1 aliphatic rings. The molecular weight excluding hydrogens is 272 g/mol. The normalized spacial score (nSPS) is 18.6. The monoisotopic (exact) mass is 294 g/mol. The predicted molar refractivity (Wildman–Crippen MR) is 78.2 cm³/mol. The van der Waals surface area contributed by atoms with Crippen molar-refractivity contribution in [3.63, 3.8) is 0 Å². The summed E-state index contributed by atoms with van der Waals surface area (Å²) in [5.74, 6) is -0.506. The van der Waals surface area contributed by atoms with E-state index in [2.05, 4.69) is 15.5 Å². The van der Waals surface area contributed by atoms with Gasteiger partial charge in [0.25, 0.3) is 0 Å². The van der Waals surface area contributed by atoms with Crippen LogP contribution in [0.1, 0.15) is 37.1 Å². The van der Waals surface area contributed by atoms with E-state index in [1.165, 1.54) is 0 Å². The lowest BCUT2D eigenvalue weighted by Gasteiger charge is -2.32. The number of hydrogen-bond acceptors (Lipinski definition) is 3. The van der Waals surface area contributed by atoms with Crippen molar-refractivity contribution in [2.24, 2.45) is 5.92 Å². The second-order valence-electron chi connectivity index (χ2n) is 5.63. The van der Waals surface area contributed by atoms with Crippen molar-refractivity contribution >= 4 is 17.7 Å². The van der Waals surface area contributed by atoms with Crippen LogP contribution in [0.15, 0.2) is 0 Å². The number of amides is 2. The Morgan fingerprint density at radius 1 is 1.48 bits per heavy atom. The highest BCUT2D eigenvalue weighted by Gasteiger charge is 2.25. The molecule has 0 aliphatic carbocycles. The van der Waals surface area contributed by atoms with Gasteiger partial charge in [0, 0.05) is 19.5 Å². The Balaban J connectivity index is 1.91. The van der Waals surface area contributed by atoms with Gasteiger partial charge in [-0.2, -0.15) is 5.10 Å². The van der Waals surface area contributed by atoms with Crippen LogP contribution in [-0.4, -0.2) is 45.3 Å². The summed E-state index contributed by atoms with van der Waals surface area (Å²) in [6, 6.07) is -0.136. The first kappa shape index (κ1) is 15.3. The summed E-state index contributed by atoms with van der Waals surface area (Å²) in [6.45, 7) is 5.03. The maximum absolute atomic E-state index is 12.3. The van der Waals surface area contributed by atoms with Gasteiger partial charge in [-0.15, -0.1) is 0 Å². The minimum atomic E-state index is -0.777. The molecule has 21 heavy (non-hydrogen) atoms. The number of urea groups is 1. The number of carbonyl (C=O) groups is 2. The smallest absolute Gasteiger partial charge is 0.321 e. The molecule has 1 aromatic heterocycles. The zero-order valence-corrected chi connectivity index (χ0v) is 12.5. The lowest BCUT2D eigenvalue weighted by molar-refractivity contribution is -0.137. The fourth-order valence-corrected chi connectivity index (χ4v) is 2.73. The van der Waals surface area contributed by atoms with Crippen LogP contribution >= 0.6 is 0 Å². The molecule has 2 amide bonds. The average molecular weight is 294 g/mol. The van der Waals surface area contributed by atoms with Crippen molar-refractivity contribution in [2.75, 3.05) is 18.4 Å². The lowest BCUT2D eigenvalue weighted by atomic mass is 9.93. The highest BCUT2D eigenvalue weighted by atomic mass is 16.4. The van der Waals surface area contributed by atoms with Crippen LogP contribution in [-0.2, 0) is 4.79 Å². The summed E-state index contributed by atoms with van der Waals surface area (Å²) in [4.78, 5) is 24.7. The van der Waals surface area contributed by atoms with E-state index in [0.717, 1.165) is 29.9 Å². The second kappa shape index (κ2) is 6.60. The van der Waals surface area contributed by atoms with Gasteiger partial charge in [-0.25, -0.2) is 4.79 Å². The van der Waals surface area contributed by atoms with E-state index in [1.54, 1.807) is 4.90 Å². The summed E-state index contributed by atoms with van der Waals surface area (Å²) in [6.07, 6.45) is 2.70. The summed E-state index contributed by atoms with van der Waals surface area (Å²) in [7, 11) is 0. The Bertz CT molecular complexity index is 507. The molecule has 1 unspecified atom stereocenters. The van der Waals surface area contributed by atoms with Gasteiger partial charge < -0.3 is 15.3 Å². The average Bonchev–Trinajstić information content (AvgIpc) is 2.77. The number of carboxylic acids is 1. The SMILES string of the molecule is Cc1n[nH]c(C)c1NC(=O)N1CCCC(CCC(=O)O)C1. The van der Waals surface area contributed by atoms with E-state index in [9.17, 15) is 9.59 Å². The van der Waals surface area contributed by atoms with Gasteiger partial charge >= 0.3 is 12.0 Å². The zero-order valence-electron chi connectivity index (χ0n) is 12.5. The first-order valence-corrected chi connectivity index (χ1v) is 7.26. The topological polar surface area (TPSA) is 98.3 Å². The number of aliphatic carboxylic acids is 1. The molecule has 0 bridgehead atoms. The number of aromatic nitrogens is 2. The van der Waals surface area contributed by atoms with Gasteiger partial charge in [-0.05, 0) is 39.0 Å². The molecule has 7 heteroatoms. The van der Waals surface area contributed by atoms with Crippen LogP contribution in [0.3, 0.4) is 0 Å². The summed E-state index contributed by atoms with van der Waals surface area (Å²) in [5, 5.41) is 18.5. The van der Waals surface area contributed by atoms with E-state index in [0.29, 0.717) is 19.5 Å². The standard InChI is InChI=1S/C14H22N4O3/c1-9-13(10(2)17-16-9)15-14(21)18-7-3-4-11(8-18)5-6-12(19)20/h11H,3-8H2,1-2H3,(H,15,21)(H,16,17)(H,19,20). The molecule has 3 N–H and O–H groups in total. The number of nitrogens with zero attached hydrogens (tertiary/aromatic N) is 2. The largest absolute Gasteiger partial charge is 0.481 e. The third-order valence-electron chi connectivity index (χ3n) is 3.93. The number of piperidine rings is 1. The van der Waals surface area contributed by atoms with E-state index >= 15 is 0 Å². The summed E-state index contributed by atoms with van der Waals surface area (Å²) >= 11 is 0. The molecule has 1 atom stereocenters. The Morgan fingerprint density at radius 2 is 2.24 bits per heavy atom. The Morgan fingerprint density at radius 3 is 2.86 bits per heavy atom. The molecule has 1 fully saturated rings. The van der Waals surface area contributed by atoms with Gasteiger partial charge in [0.15, 0.2) is 0 Å².